The standard InChI is InChI=1S/C16H35N.C2HCl3O2/c1-2-3-4-5-6-7-8-9-10-11-12-13-14-15-16-17;3-2(4,5)1(6)7/h2-17H2,1H3;(H,6,7). The van der Waals surface area contributed by atoms with Gasteiger partial charge in [-0.25, -0.2) is 4.79 Å². The van der Waals surface area contributed by atoms with Crippen molar-refractivity contribution >= 4 is 40.8 Å². The fraction of sp³-hybridized carbons (Fsp3) is 0.944. The Morgan fingerprint density at radius 1 is 0.750 bits per heavy atom. The minimum atomic E-state index is -2.17. The summed E-state index contributed by atoms with van der Waals surface area (Å²) in [7, 11) is 0. The summed E-state index contributed by atoms with van der Waals surface area (Å²) in [4.78, 5) is 9.62. The number of hydrogen-bond acceptors (Lipinski definition) is 2. The monoisotopic (exact) mass is 403 g/mol. The number of unbranched alkanes of at least 4 members (excludes halogenated alkanes) is 13. The molecule has 0 saturated heterocycles. The van der Waals surface area contributed by atoms with Crippen LogP contribution < -0.4 is 5.73 Å². The first kappa shape index (κ1) is 26.5. The highest BCUT2D eigenvalue weighted by Gasteiger charge is 2.29. The smallest absolute Gasteiger partial charge is 0.356 e. The van der Waals surface area contributed by atoms with E-state index in [1.54, 1.807) is 0 Å². The second kappa shape index (κ2) is 19.6. The summed E-state index contributed by atoms with van der Waals surface area (Å²) in [6.45, 7) is 3.16. The van der Waals surface area contributed by atoms with Crippen molar-refractivity contribution in [3.8, 4) is 0 Å². The van der Waals surface area contributed by atoms with Gasteiger partial charge in [0, 0.05) is 0 Å². The molecule has 0 atom stereocenters. The Labute approximate surface area is 163 Å². The van der Waals surface area contributed by atoms with Gasteiger partial charge >= 0.3 is 5.97 Å². The number of halogens is 3. The van der Waals surface area contributed by atoms with E-state index in [0.29, 0.717) is 0 Å². The number of carboxylic acid groups (broad SMARTS) is 1. The number of alkyl halides is 3. The van der Waals surface area contributed by atoms with Crippen LogP contribution in [0.4, 0.5) is 0 Å². The highest BCUT2D eigenvalue weighted by Crippen LogP contribution is 2.25. The van der Waals surface area contributed by atoms with Crippen molar-refractivity contribution in [3.05, 3.63) is 0 Å². The summed E-state index contributed by atoms with van der Waals surface area (Å²) in [6, 6.07) is 0. The molecule has 0 rings (SSSR count). The van der Waals surface area contributed by atoms with Crippen LogP contribution in [0.1, 0.15) is 96.8 Å². The lowest BCUT2D eigenvalue weighted by molar-refractivity contribution is -0.135. The molecular weight excluding hydrogens is 369 g/mol. The maximum Gasteiger partial charge on any atom is 0.356 e. The second-order valence-corrected chi connectivity index (χ2v) is 8.47. The van der Waals surface area contributed by atoms with Gasteiger partial charge in [0.2, 0.25) is 0 Å². The molecule has 3 nitrogen and oxygen atoms in total. The first-order valence-electron chi connectivity index (χ1n) is 9.36. The Bertz CT molecular complexity index is 257. The molecule has 6 heteroatoms. The summed E-state index contributed by atoms with van der Waals surface area (Å²) in [5.41, 5.74) is 5.47. The SMILES string of the molecule is CCCCCCCCCCCCCCCCN.O=C(O)C(Cl)(Cl)Cl. The van der Waals surface area contributed by atoms with E-state index in [0.717, 1.165) is 6.54 Å². The van der Waals surface area contributed by atoms with E-state index in [4.69, 9.17) is 45.6 Å². The maximum atomic E-state index is 9.62. The third-order valence-corrected chi connectivity index (χ3v) is 4.29. The normalized spacial score (nSPS) is 11.0. The molecule has 0 aromatic heterocycles. The number of hydrogen-bond donors (Lipinski definition) is 2. The van der Waals surface area contributed by atoms with E-state index in [2.05, 4.69) is 6.92 Å². The quantitative estimate of drug-likeness (QED) is 0.245. The molecule has 0 aromatic rings. The van der Waals surface area contributed by atoms with Crippen LogP contribution in [0.5, 0.6) is 0 Å². The van der Waals surface area contributed by atoms with Crippen LogP contribution in [0, 0.1) is 0 Å². The van der Waals surface area contributed by atoms with Gasteiger partial charge in [-0.3, -0.25) is 0 Å². The van der Waals surface area contributed by atoms with E-state index in [1.165, 1.54) is 89.9 Å². The number of carbonyl (C=O) groups is 1. The molecule has 0 heterocycles. The Hall–Kier alpha value is 0.300. The highest BCUT2D eigenvalue weighted by atomic mass is 35.6. The molecule has 0 unspecified atom stereocenters. The molecule has 24 heavy (non-hydrogen) atoms. The lowest BCUT2D eigenvalue weighted by Crippen LogP contribution is -2.16. The van der Waals surface area contributed by atoms with E-state index >= 15 is 0 Å². The van der Waals surface area contributed by atoms with Gasteiger partial charge in [0.05, 0.1) is 0 Å². The van der Waals surface area contributed by atoms with E-state index < -0.39 is 9.76 Å². The van der Waals surface area contributed by atoms with Gasteiger partial charge in [0.25, 0.3) is 3.79 Å². The van der Waals surface area contributed by atoms with Crippen molar-refractivity contribution in [1.29, 1.82) is 0 Å². The summed E-state index contributed by atoms with van der Waals surface area (Å²) in [5, 5.41) is 7.85. The molecule has 0 bridgehead atoms. The zero-order valence-corrected chi connectivity index (χ0v) is 17.4. The van der Waals surface area contributed by atoms with Crippen molar-refractivity contribution in [1.82, 2.24) is 0 Å². The first-order valence-corrected chi connectivity index (χ1v) is 10.5. The van der Waals surface area contributed by atoms with Gasteiger partial charge in [0.1, 0.15) is 0 Å². The Kier molecular flexibility index (Phi) is 21.7. The van der Waals surface area contributed by atoms with Gasteiger partial charge in [-0.1, -0.05) is 125 Å². The average molecular weight is 405 g/mol. The Balaban J connectivity index is 0. The Morgan fingerprint density at radius 3 is 1.21 bits per heavy atom. The predicted molar refractivity (Wildman–Crippen MR) is 107 cm³/mol. The van der Waals surface area contributed by atoms with E-state index in [-0.39, 0.29) is 0 Å². The topological polar surface area (TPSA) is 63.3 Å². The molecule has 0 spiro atoms. The van der Waals surface area contributed by atoms with Crippen LogP contribution in [0.3, 0.4) is 0 Å². The van der Waals surface area contributed by atoms with Crippen molar-refractivity contribution in [2.75, 3.05) is 6.54 Å². The van der Waals surface area contributed by atoms with Crippen LogP contribution in [-0.4, -0.2) is 21.4 Å². The van der Waals surface area contributed by atoms with E-state index in [1.807, 2.05) is 0 Å². The molecule has 0 aliphatic carbocycles. The molecule has 0 aromatic carbocycles. The largest absolute Gasteiger partial charge is 0.478 e. The summed E-state index contributed by atoms with van der Waals surface area (Å²) in [5.74, 6) is -1.46. The number of nitrogens with two attached hydrogens (primary N) is 1. The fourth-order valence-electron chi connectivity index (χ4n) is 2.34. The third-order valence-electron chi connectivity index (χ3n) is 3.80. The van der Waals surface area contributed by atoms with Gasteiger partial charge in [-0.15, -0.1) is 0 Å². The predicted octanol–water partition coefficient (Wildman–Crippen LogP) is 6.87. The maximum absolute atomic E-state index is 9.62. The molecule has 3 N–H and O–H groups in total. The molecule has 0 fully saturated rings. The molecule has 0 saturated carbocycles. The summed E-state index contributed by atoms with van der Waals surface area (Å²) >= 11 is 14.4. The average Bonchev–Trinajstić information content (AvgIpc) is 2.51. The van der Waals surface area contributed by atoms with Crippen molar-refractivity contribution in [3.63, 3.8) is 0 Å². The van der Waals surface area contributed by atoms with Gasteiger partial charge in [-0.2, -0.15) is 0 Å². The van der Waals surface area contributed by atoms with Crippen LogP contribution in [-0.2, 0) is 4.79 Å². The van der Waals surface area contributed by atoms with Crippen molar-refractivity contribution in [2.24, 2.45) is 5.73 Å². The van der Waals surface area contributed by atoms with Gasteiger partial charge < -0.3 is 10.8 Å². The molecule has 0 aliphatic rings. The van der Waals surface area contributed by atoms with Crippen molar-refractivity contribution < 1.29 is 9.90 Å². The molecular formula is C18H36Cl3NO2. The van der Waals surface area contributed by atoms with Gasteiger partial charge in [0.15, 0.2) is 0 Å². The zero-order valence-electron chi connectivity index (χ0n) is 15.2. The van der Waals surface area contributed by atoms with Crippen molar-refractivity contribution in [2.45, 2.75) is 101 Å². The highest BCUT2D eigenvalue weighted by molar-refractivity contribution is 6.75. The first-order chi connectivity index (χ1) is 11.4. The number of carboxylic acids is 1. The number of aliphatic carboxylic acids is 1. The molecule has 146 valence electrons. The summed E-state index contributed by atoms with van der Waals surface area (Å²) in [6.07, 6.45) is 19.9. The lowest BCUT2D eigenvalue weighted by atomic mass is 10.0. The molecule has 0 radical (unpaired) electrons. The zero-order chi connectivity index (χ0) is 18.7. The molecule has 0 amide bonds. The van der Waals surface area contributed by atoms with Crippen LogP contribution in [0.25, 0.3) is 0 Å². The second-order valence-electron chi connectivity index (χ2n) is 6.19. The third kappa shape index (κ3) is 24.6. The van der Waals surface area contributed by atoms with Gasteiger partial charge in [-0.05, 0) is 13.0 Å². The van der Waals surface area contributed by atoms with E-state index in [9.17, 15) is 4.79 Å². The minimum Gasteiger partial charge on any atom is -0.478 e. The summed E-state index contributed by atoms with van der Waals surface area (Å²) < 4.78 is -2.17. The van der Waals surface area contributed by atoms with Crippen LogP contribution in [0.15, 0.2) is 0 Å². The fourth-order valence-corrected chi connectivity index (χ4v) is 2.34. The molecule has 0 aliphatic heterocycles. The lowest BCUT2D eigenvalue weighted by Gasteiger charge is -2.02. The van der Waals surface area contributed by atoms with Crippen LogP contribution >= 0.6 is 34.8 Å². The Morgan fingerprint density at radius 2 is 1.00 bits per heavy atom. The number of rotatable bonds is 14. The minimum absolute atomic E-state index is 0.873. The van der Waals surface area contributed by atoms with Crippen LogP contribution in [0.2, 0.25) is 0 Å².